The van der Waals surface area contributed by atoms with Gasteiger partial charge in [0.1, 0.15) is 28.7 Å². The van der Waals surface area contributed by atoms with Crippen LogP contribution in [0, 0.1) is 0 Å². The molecule has 0 unspecified atom stereocenters. The minimum Gasteiger partial charge on any atom is -0.497 e. The molecule has 0 heterocycles. The average molecular weight is 318 g/mol. The number of hydrogen-bond acceptors (Lipinski definition) is 6. The van der Waals surface area contributed by atoms with Gasteiger partial charge >= 0.3 is 5.97 Å². The van der Waals surface area contributed by atoms with E-state index in [-0.39, 0.29) is 0 Å². The normalized spacial score (nSPS) is 9.91. The summed E-state index contributed by atoms with van der Waals surface area (Å²) >= 11 is 0. The van der Waals surface area contributed by atoms with Crippen LogP contribution in [0.25, 0.3) is 0 Å². The predicted molar refractivity (Wildman–Crippen MR) is 84.1 cm³/mol. The summed E-state index contributed by atoms with van der Waals surface area (Å²) in [7, 11) is 6.06. The molecule has 0 aliphatic carbocycles. The number of ether oxygens (including phenoxy) is 5. The zero-order valence-corrected chi connectivity index (χ0v) is 13.4. The maximum atomic E-state index is 12.3. The lowest BCUT2D eigenvalue weighted by molar-refractivity contribution is 0.0733. The molecule has 0 radical (unpaired) electrons. The van der Waals surface area contributed by atoms with Gasteiger partial charge in [0.2, 0.25) is 0 Å². The van der Waals surface area contributed by atoms with Crippen molar-refractivity contribution in [2.45, 2.75) is 0 Å². The van der Waals surface area contributed by atoms with Crippen molar-refractivity contribution in [1.82, 2.24) is 0 Å². The van der Waals surface area contributed by atoms with Crippen molar-refractivity contribution in [3.8, 4) is 28.7 Å². The maximum Gasteiger partial charge on any atom is 0.343 e. The van der Waals surface area contributed by atoms with Crippen LogP contribution in [0.2, 0.25) is 0 Å². The van der Waals surface area contributed by atoms with E-state index < -0.39 is 5.97 Å². The second kappa shape index (κ2) is 7.40. The molecule has 6 nitrogen and oxygen atoms in total. The molecule has 122 valence electrons. The molecule has 0 fully saturated rings. The summed E-state index contributed by atoms with van der Waals surface area (Å²) in [6.45, 7) is 0. The Kier molecular flexibility index (Phi) is 5.30. The molecule has 0 N–H and O–H groups in total. The van der Waals surface area contributed by atoms with Crippen LogP contribution in [0.4, 0.5) is 0 Å². The molecule has 23 heavy (non-hydrogen) atoms. The van der Waals surface area contributed by atoms with E-state index in [0.29, 0.717) is 34.3 Å². The monoisotopic (exact) mass is 318 g/mol. The third-order valence-electron chi connectivity index (χ3n) is 3.12. The number of rotatable bonds is 6. The summed E-state index contributed by atoms with van der Waals surface area (Å²) < 4.78 is 26.0. The summed E-state index contributed by atoms with van der Waals surface area (Å²) in [5.41, 5.74) is 0.308. The molecule has 0 amide bonds. The van der Waals surface area contributed by atoms with Crippen molar-refractivity contribution in [3.05, 3.63) is 42.0 Å². The van der Waals surface area contributed by atoms with E-state index in [1.807, 2.05) is 0 Å². The molecule has 0 atom stereocenters. The first-order chi connectivity index (χ1) is 11.1. The lowest BCUT2D eigenvalue weighted by Gasteiger charge is -2.10. The van der Waals surface area contributed by atoms with Gasteiger partial charge in [-0.2, -0.15) is 0 Å². The predicted octanol–water partition coefficient (Wildman–Crippen LogP) is 2.94. The van der Waals surface area contributed by atoms with Crippen LogP contribution in [-0.4, -0.2) is 34.4 Å². The molecule has 0 spiro atoms. The van der Waals surface area contributed by atoms with Gasteiger partial charge in [-0.15, -0.1) is 0 Å². The molecule has 2 aromatic carbocycles. The smallest absolute Gasteiger partial charge is 0.343 e. The zero-order valence-electron chi connectivity index (χ0n) is 13.4. The Morgan fingerprint density at radius 2 is 0.957 bits per heavy atom. The summed E-state index contributed by atoms with van der Waals surface area (Å²) in [4.78, 5) is 12.3. The van der Waals surface area contributed by atoms with E-state index in [9.17, 15) is 4.79 Å². The SMILES string of the molecule is COc1cc(OC)cc(OC(=O)c2cc(OC)cc(OC)c2)c1. The highest BCUT2D eigenvalue weighted by atomic mass is 16.5. The number of benzene rings is 2. The highest BCUT2D eigenvalue weighted by molar-refractivity contribution is 5.92. The highest BCUT2D eigenvalue weighted by Crippen LogP contribution is 2.29. The fourth-order valence-electron chi connectivity index (χ4n) is 1.93. The van der Waals surface area contributed by atoms with Crippen molar-refractivity contribution in [2.24, 2.45) is 0 Å². The third-order valence-corrected chi connectivity index (χ3v) is 3.12. The average Bonchev–Trinajstić information content (AvgIpc) is 2.60. The van der Waals surface area contributed by atoms with Gasteiger partial charge in [-0.3, -0.25) is 0 Å². The molecule has 2 aromatic rings. The molecule has 0 saturated heterocycles. The maximum absolute atomic E-state index is 12.3. The Hall–Kier alpha value is -2.89. The topological polar surface area (TPSA) is 63.2 Å². The number of carbonyl (C=O) groups excluding carboxylic acids is 1. The van der Waals surface area contributed by atoms with Crippen molar-refractivity contribution in [3.63, 3.8) is 0 Å². The van der Waals surface area contributed by atoms with Crippen LogP contribution in [0.1, 0.15) is 10.4 Å². The zero-order chi connectivity index (χ0) is 16.8. The minimum absolute atomic E-state index is 0.308. The molecule has 2 rings (SSSR count). The van der Waals surface area contributed by atoms with E-state index in [1.54, 1.807) is 36.4 Å². The second-order valence-corrected chi connectivity index (χ2v) is 4.54. The standard InChI is InChI=1S/C17H18O6/c1-19-12-5-11(6-13(7-12)20-2)17(18)23-16-9-14(21-3)8-15(10-16)22-4/h5-10H,1-4H3. The Bertz CT molecular complexity index is 651. The van der Waals surface area contributed by atoms with Crippen LogP contribution in [0.5, 0.6) is 28.7 Å². The fourth-order valence-corrected chi connectivity index (χ4v) is 1.93. The lowest BCUT2D eigenvalue weighted by atomic mass is 10.2. The first kappa shape index (κ1) is 16.5. The van der Waals surface area contributed by atoms with Crippen molar-refractivity contribution >= 4 is 5.97 Å². The van der Waals surface area contributed by atoms with Gasteiger partial charge in [-0.25, -0.2) is 4.79 Å². The van der Waals surface area contributed by atoms with Crippen LogP contribution >= 0.6 is 0 Å². The van der Waals surface area contributed by atoms with Crippen molar-refractivity contribution in [2.75, 3.05) is 28.4 Å². The Morgan fingerprint density at radius 3 is 1.35 bits per heavy atom. The quantitative estimate of drug-likeness (QED) is 0.603. The van der Waals surface area contributed by atoms with Gasteiger partial charge in [-0.1, -0.05) is 0 Å². The van der Waals surface area contributed by atoms with Crippen molar-refractivity contribution in [1.29, 1.82) is 0 Å². The van der Waals surface area contributed by atoms with Gasteiger partial charge < -0.3 is 23.7 Å². The first-order valence-electron chi connectivity index (χ1n) is 6.78. The number of carbonyl (C=O) groups is 1. The van der Waals surface area contributed by atoms with E-state index in [0.717, 1.165) is 0 Å². The fraction of sp³-hybridized carbons (Fsp3) is 0.235. The van der Waals surface area contributed by atoms with Gasteiger partial charge in [0, 0.05) is 24.3 Å². The summed E-state index contributed by atoms with van der Waals surface area (Å²) in [5, 5.41) is 0. The van der Waals surface area contributed by atoms with E-state index >= 15 is 0 Å². The van der Waals surface area contributed by atoms with Crippen molar-refractivity contribution < 1.29 is 28.5 Å². The summed E-state index contributed by atoms with van der Waals surface area (Å²) in [6, 6.07) is 9.69. The third kappa shape index (κ3) is 4.06. The van der Waals surface area contributed by atoms with Crippen LogP contribution < -0.4 is 23.7 Å². The van der Waals surface area contributed by atoms with E-state index in [1.165, 1.54) is 28.4 Å². The molecule has 0 saturated carbocycles. The Labute approximate surface area is 134 Å². The second-order valence-electron chi connectivity index (χ2n) is 4.54. The molecular weight excluding hydrogens is 300 g/mol. The number of methoxy groups -OCH3 is 4. The molecular formula is C17H18O6. The molecule has 0 aliphatic rings. The van der Waals surface area contributed by atoms with E-state index in [2.05, 4.69) is 0 Å². The number of hydrogen-bond donors (Lipinski definition) is 0. The van der Waals surface area contributed by atoms with Crippen LogP contribution in [-0.2, 0) is 0 Å². The Morgan fingerprint density at radius 1 is 0.609 bits per heavy atom. The van der Waals surface area contributed by atoms with Gasteiger partial charge in [0.15, 0.2) is 0 Å². The van der Waals surface area contributed by atoms with Gasteiger partial charge in [-0.05, 0) is 12.1 Å². The molecule has 0 aromatic heterocycles. The van der Waals surface area contributed by atoms with Gasteiger partial charge in [0.25, 0.3) is 0 Å². The molecule has 0 aliphatic heterocycles. The van der Waals surface area contributed by atoms with E-state index in [4.69, 9.17) is 23.7 Å². The van der Waals surface area contributed by atoms with Gasteiger partial charge in [0.05, 0.1) is 34.0 Å². The van der Waals surface area contributed by atoms with Crippen LogP contribution in [0.3, 0.4) is 0 Å². The largest absolute Gasteiger partial charge is 0.497 e. The molecule has 0 bridgehead atoms. The first-order valence-corrected chi connectivity index (χ1v) is 6.78. The minimum atomic E-state index is -0.544. The van der Waals surface area contributed by atoms with Crippen LogP contribution in [0.15, 0.2) is 36.4 Å². The summed E-state index contributed by atoms with van der Waals surface area (Å²) in [5.74, 6) is 1.82. The lowest BCUT2D eigenvalue weighted by Crippen LogP contribution is -2.09. The Balaban J connectivity index is 2.28. The molecule has 6 heteroatoms. The summed E-state index contributed by atoms with van der Waals surface area (Å²) in [6.07, 6.45) is 0. The number of esters is 1. The highest BCUT2D eigenvalue weighted by Gasteiger charge is 2.14.